The normalized spacial score (nSPS) is 21.4. The van der Waals surface area contributed by atoms with Crippen molar-refractivity contribution in [1.29, 1.82) is 0 Å². The van der Waals surface area contributed by atoms with E-state index < -0.39 is 10.0 Å². The summed E-state index contributed by atoms with van der Waals surface area (Å²) in [6.45, 7) is 0. The van der Waals surface area contributed by atoms with Crippen molar-refractivity contribution in [2.75, 3.05) is 17.1 Å². The monoisotopic (exact) mass is 466 g/mol. The van der Waals surface area contributed by atoms with Gasteiger partial charge in [0.1, 0.15) is 5.75 Å². The molecule has 1 aliphatic carbocycles. The van der Waals surface area contributed by atoms with Crippen molar-refractivity contribution in [1.82, 2.24) is 0 Å². The van der Waals surface area contributed by atoms with Crippen molar-refractivity contribution in [3.63, 3.8) is 0 Å². The third kappa shape index (κ3) is 3.63. The lowest BCUT2D eigenvalue weighted by atomic mass is 9.77. The number of allylic oxidation sites excluding steroid dienone is 2. The van der Waals surface area contributed by atoms with Crippen molar-refractivity contribution in [3.05, 3.63) is 95.0 Å². The van der Waals surface area contributed by atoms with Crippen LogP contribution in [-0.2, 0) is 10.0 Å². The zero-order valence-electron chi connectivity index (χ0n) is 17.5. The molecule has 3 atom stereocenters. The van der Waals surface area contributed by atoms with Gasteiger partial charge in [-0.3, -0.25) is 4.72 Å². The lowest BCUT2D eigenvalue weighted by Crippen LogP contribution is -2.29. The summed E-state index contributed by atoms with van der Waals surface area (Å²) in [6, 6.07) is 20.2. The predicted octanol–water partition coefficient (Wildman–Crippen LogP) is 5.98. The summed E-state index contributed by atoms with van der Waals surface area (Å²) in [5.41, 5.74) is 3.38. The van der Waals surface area contributed by atoms with Crippen molar-refractivity contribution >= 4 is 33.0 Å². The molecular weight excluding hydrogens is 444 g/mol. The molecule has 32 heavy (non-hydrogen) atoms. The number of hydrogen-bond donors (Lipinski definition) is 2. The van der Waals surface area contributed by atoms with Crippen LogP contribution in [0.15, 0.2) is 83.8 Å². The summed E-state index contributed by atoms with van der Waals surface area (Å²) in [7, 11) is -2.27. The highest BCUT2D eigenvalue weighted by Crippen LogP contribution is 2.51. The second-order valence-corrected chi connectivity index (χ2v) is 10.1. The van der Waals surface area contributed by atoms with Crippen molar-refractivity contribution in [3.8, 4) is 5.75 Å². The van der Waals surface area contributed by atoms with Gasteiger partial charge in [-0.15, -0.1) is 0 Å². The Morgan fingerprint density at radius 2 is 1.81 bits per heavy atom. The molecule has 1 heterocycles. The fraction of sp³-hybridized carbons (Fsp3) is 0.200. The molecule has 0 fully saturated rings. The summed E-state index contributed by atoms with van der Waals surface area (Å²) >= 11 is 6.50. The van der Waals surface area contributed by atoms with Crippen LogP contribution in [0.25, 0.3) is 0 Å². The Labute approximate surface area is 193 Å². The fourth-order valence-electron chi connectivity index (χ4n) is 4.71. The Kier molecular flexibility index (Phi) is 5.35. The van der Waals surface area contributed by atoms with E-state index >= 15 is 0 Å². The average molecular weight is 467 g/mol. The number of sulfonamides is 1. The zero-order chi connectivity index (χ0) is 22.3. The molecule has 3 aromatic carbocycles. The summed E-state index contributed by atoms with van der Waals surface area (Å²) in [5.74, 6) is 0.855. The first-order valence-corrected chi connectivity index (χ1v) is 12.3. The number of ether oxygens (including phenoxy) is 1. The van der Waals surface area contributed by atoms with Crippen LogP contribution in [0.1, 0.15) is 29.5 Å². The van der Waals surface area contributed by atoms with Crippen LogP contribution >= 0.6 is 11.6 Å². The first-order valence-electron chi connectivity index (χ1n) is 10.5. The molecule has 2 N–H and O–H groups in total. The van der Waals surface area contributed by atoms with E-state index in [0.717, 1.165) is 28.3 Å². The molecule has 5 rings (SSSR count). The smallest absolute Gasteiger partial charge is 0.262 e. The maximum Gasteiger partial charge on any atom is 0.262 e. The van der Waals surface area contributed by atoms with Gasteiger partial charge in [-0.2, -0.15) is 0 Å². The number of hydrogen-bond acceptors (Lipinski definition) is 4. The number of benzene rings is 3. The Hall–Kier alpha value is -2.96. The number of methoxy groups -OCH3 is 1. The molecule has 0 saturated heterocycles. The molecule has 1 aliphatic heterocycles. The number of halogens is 1. The van der Waals surface area contributed by atoms with Gasteiger partial charge in [0.15, 0.2) is 0 Å². The third-order valence-electron chi connectivity index (χ3n) is 6.24. The molecule has 0 unspecified atom stereocenters. The van der Waals surface area contributed by atoms with Gasteiger partial charge in [-0.1, -0.05) is 54.1 Å². The topological polar surface area (TPSA) is 67.4 Å². The largest absolute Gasteiger partial charge is 0.495 e. The molecule has 0 saturated carbocycles. The van der Waals surface area contributed by atoms with Crippen LogP contribution < -0.4 is 14.8 Å². The average Bonchev–Trinajstić information content (AvgIpc) is 3.29. The van der Waals surface area contributed by atoms with Gasteiger partial charge in [0.25, 0.3) is 10.0 Å². The first-order chi connectivity index (χ1) is 15.5. The number of rotatable bonds is 5. The second-order valence-electron chi connectivity index (χ2n) is 8.05. The third-order valence-corrected chi connectivity index (χ3v) is 7.94. The van der Waals surface area contributed by atoms with Crippen LogP contribution in [0, 0.1) is 5.92 Å². The number of nitrogens with one attached hydrogen (secondary N) is 2. The van der Waals surface area contributed by atoms with E-state index in [-0.39, 0.29) is 22.8 Å². The Morgan fingerprint density at radius 3 is 2.62 bits per heavy atom. The van der Waals surface area contributed by atoms with Crippen molar-refractivity contribution in [2.45, 2.75) is 23.3 Å². The molecule has 0 amide bonds. The lowest BCUT2D eigenvalue weighted by Gasteiger charge is -2.38. The molecule has 3 aromatic rings. The van der Waals surface area contributed by atoms with E-state index in [9.17, 15) is 8.42 Å². The highest BCUT2D eigenvalue weighted by molar-refractivity contribution is 7.92. The van der Waals surface area contributed by atoms with E-state index in [0.29, 0.717) is 11.4 Å². The van der Waals surface area contributed by atoms with Gasteiger partial charge >= 0.3 is 0 Å². The van der Waals surface area contributed by atoms with Crippen LogP contribution in [0.4, 0.5) is 11.4 Å². The van der Waals surface area contributed by atoms with Crippen LogP contribution in [0.3, 0.4) is 0 Å². The Morgan fingerprint density at radius 1 is 1.03 bits per heavy atom. The van der Waals surface area contributed by atoms with Gasteiger partial charge in [0, 0.05) is 16.6 Å². The molecule has 0 aromatic heterocycles. The maximum atomic E-state index is 13.2. The molecule has 0 spiro atoms. The molecule has 0 radical (unpaired) electrons. The summed E-state index contributed by atoms with van der Waals surface area (Å²) < 4.78 is 34.2. The Balaban J connectivity index is 1.51. The zero-order valence-corrected chi connectivity index (χ0v) is 19.0. The molecular formula is C25H23ClN2O3S. The van der Waals surface area contributed by atoms with Crippen LogP contribution in [0.5, 0.6) is 5.75 Å². The van der Waals surface area contributed by atoms with Gasteiger partial charge in [-0.05, 0) is 59.9 Å². The highest BCUT2D eigenvalue weighted by atomic mass is 35.5. The van der Waals surface area contributed by atoms with Gasteiger partial charge in [-0.25, -0.2) is 8.42 Å². The summed E-state index contributed by atoms with van der Waals surface area (Å²) in [5, 5.41) is 4.35. The molecule has 2 aliphatic rings. The van der Waals surface area contributed by atoms with Gasteiger partial charge in [0.05, 0.1) is 23.7 Å². The highest BCUT2D eigenvalue weighted by Gasteiger charge is 2.39. The minimum absolute atomic E-state index is 0.0605. The maximum absolute atomic E-state index is 13.2. The predicted molar refractivity (Wildman–Crippen MR) is 128 cm³/mol. The van der Waals surface area contributed by atoms with Gasteiger partial charge < -0.3 is 10.1 Å². The molecule has 0 bridgehead atoms. The fourth-order valence-corrected chi connectivity index (χ4v) is 6.07. The first kappa shape index (κ1) is 20.9. The number of para-hydroxylation sites is 2. The standard InChI is InChI=1S/C25H23ClN2O3S/c1-31-24-12-5-4-11-23(24)28-32(29,30)16-13-14-22-20(15-16)17-8-6-9-18(17)25(27-22)19-7-2-3-10-21(19)26/h2-8,10-15,17-18,25,27-28H,9H2,1H3/t17-,18-,25+/m1/s1. The Bertz CT molecular complexity index is 1310. The molecule has 164 valence electrons. The van der Waals surface area contributed by atoms with E-state index in [1.54, 1.807) is 36.4 Å². The second kappa shape index (κ2) is 8.19. The van der Waals surface area contributed by atoms with Crippen molar-refractivity contribution < 1.29 is 13.2 Å². The van der Waals surface area contributed by atoms with E-state index in [1.165, 1.54) is 7.11 Å². The summed E-state index contributed by atoms with van der Waals surface area (Å²) in [6.07, 6.45) is 5.26. The van der Waals surface area contributed by atoms with E-state index in [2.05, 4.69) is 28.3 Å². The number of fused-ring (bicyclic) bond motifs is 3. The van der Waals surface area contributed by atoms with Crippen LogP contribution in [-0.4, -0.2) is 15.5 Å². The van der Waals surface area contributed by atoms with Crippen molar-refractivity contribution in [2.24, 2.45) is 5.92 Å². The molecule has 5 nitrogen and oxygen atoms in total. The SMILES string of the molecule is COc1ccccc1NS(=O)(=O)c1ccc2c(c1)[C@@H]1C=CC[C@H]1[C@@H](c1ccccc1Cl)N2. The minimum atomic E-state index is -3.78. The van der Waals surface area contributed by atoms with E-state index in [4.69, 9.17) is 16.3 Å². The minimum Gasteiger partial charge on any atom is -0.495 e. The van der Waals surface area contributed by atoms with Gasteiger partial charge in [0.2, 0.25) is 0 Å². The number of anilines is 2. The van der Waals surface area contributed by atoms with Crippen LogP contribution in [0.2, 0.25) is 5.02 Å². The summed E-state index contributed by atoms with van der Waals surface area (Å²) in [4.78, 5) is 0.221. The lowest BCUT2D eigenvalue weighted by molar-refractivity contribution is 0.417. The van der Waals surface area contributed by atoms with E-state index in [1.807, 2.05) is 24.3 Å². The quantitative estimate of drug-likeness (QED) is 0.454. The molecule has 7 heteroatoms.